The number of oxime groups is 1. The van der Waals surface area contributed by atoms with Gasteiger partial charge in [-0.3, -0.25) is 0 Å². The Bertz CT molecular complexity index is 184. The van der Waals surface area contributed by atoms with Crippen LogP contribution >= 0.6 is 11.5 Å². The maximum atomic E-state index is 4.44. The lowest BCUT2D eigenvalue weighted by Crippen LogP contribution is -1.73. The van der Waals surface area contributed by atoms with Crippen molar-refractivity contribution in [2.45, 2.75) is 0 Å². The zero-order valence-electron chi connectivity index (χ0n) is 4.81. The molecule has 0 unspecified atom stereocenters. The molecular formula is C4H5N3OS. The van der Waals surface area contributed by atoms with Gasteiger partial charge in [0.25, 0.3) is 0 Å². The summed E-state index contributed by atoms with van der Waals surface area (Å²) in [5, 5.41) is 7.12. The Morgan fingerprint density at radius 2 is 2.78 bits per heavy atom. The van der Waals surface area contributed by atoms with E-state index in [1.807, 2.05) is 0 Å². The highest BCUT2D eigenvalue weighted by atomic mass is 32.1. The van der Waals surface area contributed by atoms with Crippen LogP contribution in [0.25, 0.3) is 0 Å². The highest BCUT2D eigenvalue weighted by Crippen LogP contribution is 1.95. The molecule has 1 rings (SSSR count). The zero-order chi connectivity index (χ0) is 6.53. The third kappa shape index (κ3) is 1.77. The molecular weight excluding hydrogens is 138 g/mol. The lowest BCUT2D eigenvalue weighted by atomic mass is 10.6. The molecule has 0 fully saturated rings. The van der Waals surface area contributed by atoms with Crippen molar-refractivity contribution >= 4 is 17.7 Å². The molecule has 4 nitrogen and oxygen atoms in total. The lowest BCUT2D eigenvalue weighted by Gasteiger charge is -1.79. The van der Waals surface area contributed by atoms with Crippen molar-refractivity contribution in [1.82, 2.24) is 9.59 Å². The van der Waals surface area contributed by atoms with E-state index in [-0.39, 0.29) is 0 Å². The molecule has 0 amide bonds. The Morgan fingerprint density at radius 3 is 3.33 bits per heavy atom. The summed E-state index contributed by atoms with van der Waals surface area (Å²) < 4.78 is 3.62. The topological polar surface area (TPSA) is 47.4 Å². The van der Waals surface area contributed by atoms with E-state index >= 15 is 0 Å². The van der Waals surface area contributed by atoms with Crippen LogP contribution in [0.15, 0.2) is 11.4 Å². The van der Waals surface area contributed by atoms with Crippen molar-refractivity contribution in [3.05, 3.63) is 11.1 Å². The second kappa shape index (κ2) is 3.13. The Balaban J connectivity index is 2.57. The smallest absolute Gasteiger partial charge is 0.106 e. The van der Waals surface area contributed by atoms with E-state index in [9.17, 15) is 0 Å². The van der Waals surface area contributed by atoms with Crippen LogP contribution in [0.1, 0.15) is 4.88 Å². The van der Waals surface area contributed by atoms with Gasteiger partial charge in [0.2, 0.25) is 0 Å². The maximum absolute atomic E-state index is 4.44. The minimum absolute atomic E-state index is 0.886. The Kier molecular flexibility index (Phi) is 2.14. The van der Waals surface area contributed by atoms with E-state index in [1.165, 1.54) is 18.6 Å². The summed E-state index contributed by atoms with van der Waals surface area (Å²) in [6.45, 7) is 0. The number of aromatic nitrogens is 2. The fourth-order valence-electron chi connectivity index (χ4n) is 0.336. The monoisotopic (exact) mass is 143 g/mol. The quantitative estimate of drug-likeness (QED) is 0.448. The van der Waals surface area contributed by atoms with Gasteiger partial charge in [-0.25, -0.2) is 0 Å². The van der Waals surface area contributed by atoms with Gasteiger partial charge in [-0.1, -0.05) is 9.64 Å². The minimum Gasteiger partial charge on any atom is -0.399 e. The Labute approximate surface area is 56.3 Å². The predicted octanol–water partition coefficient (Wildman–Crippen LogP) is 0.518. The minimum atomic E-state index is 0.886. The predicted molar refractivity (Wildman–Crippen MR) is 34.5 cm³/mol. The van der Waals surface area contributed by atoms with E-state index in [0.29, 0.717) is 0 Å². The van der Waals surface area contributed by atoms with Gasteiger partial charge in [-0.05, 0) is 11.5 Å². The van der Waals surface area contributed by atoms with E-state index in [0.717, 1.165) is 4.88 Å². The average molecular weight is 143 g/mol. The summed E-state index contributed by atoms with van der Waals surface area (Å²) in [6.07, 6.45) is 3.18. The molecule has 0 aliphatic carbocycles. The number of nitrogens with zero attached hydrogens (tertiary/aromatic N) is 3. The van der Waals surface area contributed by atoms with Gasteiger partial charge in [-0.2, -0.15) is 0 Å². The van der Waals surface area contributed by atoms with Crippen LogP contribution in [0, 0.1) is 0 Å². The second-order valence-electron chi connectivity index (χ2n) is 1.24. The molecule has 1 heterocycles. The third-order valence-electron chi connectivity index (χ3n) is 0.664. The first-order valence-corrected chi connectivity index (χ1v) is 3.04. The van der Waals surface area contributed by atoms with Crippen molar-refractivity contribution in [1.29, 1.82) is 0 Å². The Hall–Kier alpha value is -0.970. The van der Waals surface area contributed by atoms with Gasteiger partial charge >= 0.3 is 0 Å². The maximum Gasteiger partial charge on any atom is 0.106 e. The fraction of sp³-hybridized carbons (Fsp3) is 0.250. The zero-order valence-corrected chi connectivity index (χ0v) is 5.63. The molecule has 0 saturated carbocycles. The van der Waals surface area contributed by atoms with Crippen LogP contribution in [0.3, 0.4) is 0 Å². The van der Waals surface area contributed by atoms with Crippen molar-refractivity contribution in [3.8, 4) is 0 Å². The summed E-state index contributed by atoms with van der Waals surface area (Å²) in [4.78, 5) is 5.32. The van der Waals surface area contributed by atoms with Crippen LogP contribution in [-0.4, -0.2) is 22.9 Å². The summed E-state index contributed by atoms with van der Waals surface area (Å²) >= 11 is 1.27. The Morgan fingerprint density at radius 1 is 1.89 bits per heavy atom. The molecule has 0 bridgehead atoms. The van der Waals surface area contributed by atoms with Crippen LogP contribution in [0.5, 0.6) is 0 Å². The van der Waals surface area contributed by atoms with Crippen LogP contribution in [0.4, 0.5) is 0 Å². The number of hydrogen-bond donors (Lipinski definition) is 0. The van der Waals surface area contributed by atoms with E-state index in [2.05, 4.69) is 19.6 Å². The van der Waals surface area contributed by atoms with Gasteiger partial charge in [0.1, 0.15) is 7.11 Å². The lowest BCUT2D eigenvalue weighted by molar-refractivity contribution is 0.215. The van der Waals surface area contributed by atoms with Gasteiger partial charge in [0.15, 0.2) is 0 Å². The SMILES string of the molecule is CO/N=C/c1cnns1. The molecule has 48 valence electrons. The summed E-state index contributed by atoms with van der Waals surface area (Å²) in [6, 6.07) is 0. The molecule has 0 aromatic carbocycles. The van der Waals surface area contributed by atoms with Gasteiger partial charge < -0.3 is 4.84 Å². The molecule has 1 aromatic heterocycles. The van der Waals surface area contributed by atoms with Gasteiger partial charge in [0.05, 0.1) is 17.3 Å². The molecule has 9 heavy (non-hydrogen) atoms. The van der Waals surface area contributed by atoms with E-state index < -0.39 is 0 Å². The van der Waals surface area contributed by atoms with Crippen LogP contribution < -0.4 is 0 Å². The fourth-order valence-corrected chi connectivity index (χ4v) is 0.709. The molecule has 0 atom stereocenters. The molecule has 0 aliphatic rings. The highest BCUT2D eigenvalue weighted by molar-refractivity contribution is 7.07. The molecule has 0 spiro atoms. The molecule has 0 aliphatic heterocycles. The van der Waals surface area contributed by atoms with Crippen molar-refractivity contribution < 1.29 is 4.84 Å². The van der Waals surface area contributed by atoms with Crippen molar-refractivity contribution in [2.75, 3.05) is 7.11 Å². The van der Waals surface area contributed by atoms with E-state index in [1.54, 1.807) is 12.4 Å². The van der Waals surface area contributed by atoms with Gasteiger partial charge in [0, 0.05) is 0 Å². The largest absolute Gasteiger partial charge is 0.399 e. The summed E-state index contributed by atoms with van der Waals surface area (Å²) in [7, 11) is 1.49. The summed E-state index contributed by atoms with van der Waals surface area (Å²) in [5.74, 6) is 0. The van der Waals surface area contributed by atoms with Crippen molar-refractivity contribution in [3.63, 3.8) is 0 Å². The van der Waals surface area contributed by atoms with Crippen LogP contribution in [-0.2, 0) is 4.84 Å². The highest BCUT2D eigenvalue weighted by Gasteiger charge is 1.87. The third-order valence-corrected chi connectivity index (χ3v) is 1.26. The molecule has 1 aromatic rings. The number of rotatable bonds is 2. The van der Waals surface area contributed by atoms with E-state index in [4.69, 9.17) is 0 Å². The normalized spacial score (nSPS) is 10.3. The molecule has 0 saturated heterocycles. The first-order chi connectivity index (χ1) is 4.43. The first kappa shape index (κ1) is 6.15. The molecule has 0 N–H and O–H groups in total. The van der Waals surface area contributed by atoms with Gasteiger partial charge in [-0.15, -0.1) is 5.10 Å². The average Bonchev–Trinajstić information content (AvgIpc) is 2.34. The summed E-state index contributed by atoms with van der Waals surface area (Å²) in [5.41, 5.74) is 0. The first-order valence-electron chi connectivity index (χ1n) is 2.27. The second-order valence-corrected chi connectivity index (χ2v) is 2.05. The molecule has 0 radical (unpaired) electrons. The number of hydrogen-bond acceptors (Lipinski definition) is 5. The van der Waals surface area contributed by atoms with Crippen LogP contribution in [0.2, 0.25) is 0 Å². The standard InChI is InChI=1S/C4H5N3OS/c1-8-6-3-4-2-5-7-9-4/h2-3H,1H3/b6-3+. The van der Waals surface area contributed by atoms with Crippen molar-refractivity contribution in [2.24, 2.45) is 5.16 Å². The molecule has 5 heteroatoms.